The number of imidazole rings is 1. The fourth-order valence-electron chi connectivity index (χ4n) is 4.31. The molecule has 0 radical (unpaired) electrons. The van der Waals surface area contributed by atoms with Crippen LogP contribution in [0.1, 0.15) is 47.7 Å². The van der Waals surface area contributed by atoms with Crippen LogP contribution in [0.5, 0.6) is 5.75 Å². The number of nitrogens with two attached hydrogens (primary N) is 1. The Balaban J connectivity index is 1.67. The van der Waals surface area contributed by atoms with E-state index in [4.69, 9.17) is 15.2 Å². The Labute approximate surface area is 186 Å². The Hall–Kier alpha value is -3.75. The third-order valence-corrected chi connectivity index (χ3v) is 5.85. The number of ether oxygens (including phenoxy) is 2. The maximum atomic E-state index is 11.8. The number of benzene rings is 1. The zero-order chi connectivity index (χ0) is 22.7. The summed E-state index contributed by atoms with van der Waals surface area (Å²) >= 11 is 0. The van der Waals surface area contributed by atoms with Crippen LogP contribution in [-0.2, 0) is 4.74 Å². The fourth-order valence-corrected chi connectivity index (χ4v) is 4.31. The lowest BCUT2D eigenvalue weighted by atomic mass is 9.81. The molecule has 0 aliphatic heterocycles. The monoisotopic (exact) mass is 436 g/mol. The second-order valence-corrected chi connectivity index (χ2v) is 7.78. The first-order valence-electron chi connectivity index (χ1n) is 10.6. The van der Waals surface area contributed by atoms with Gasteiger partial charge in [-0.3, -0.25) is 4.79 Å². The lowest BCUT2D eigenvalue weighted by Crippen LogP contribution is -2.15. The lowest BCUT2D eigenvalue weighted by Gasteiger charge is -2.26. The van der Waals surface area contributed by atoms with Crippen LogP contribution < -0.4 is 21.1 Å². The van der Waals surface area contributed by atoms with E-state index in [-0.39, 0.29) is 5.69 Å². The van der Waals surface area contributed by atoms with Gasteiger partial charge in [-0.2, -0.15) is 0 Å². The molecule has 1 amide bonds. The first-order valence-corrected chi connectivity index (χ1v) is 10.6. The van der Waals surface area contributed by atoms with Gasteiger partial charge < -0.3 is 25.8 Å². The molecule has 1 aromatic carbocycles. The molecular weight excluding hydrogens is 408 g/mol. The van der Waals surface area contributed by atoms with Crippen molar-refractivity contribution in [2.45, 2.75) is 31.6 Å². The molecule has 1 saturated carbocycles. The first kappa shape index (κ1) is 21.5. The van der Waals surface area contributed by atoms with E-state index in [1.807, 2.05) is 24.5 Å². The predicted molar refractivity (Wildman–Crippen MR) is 124 cm³/mol. The van der Waals surface area contributed by atoms with Crippen LogP contribution in [-0.4, -0.2) is 41.8 Å². The topological polar surface area (TPSA) is 116 Å². The van der Waals surface area contributed by atoms with Gasteiger partial charge in [0, 0.05) is 13.1 Å². The Morgan fingerprint density at radius 3 is 2.69 bits per heavy atom. The van der Waals surface area contributed by atoms with Gasteiger partial charge in [0.05, 0.1) is 38.1 Å². The highest BCUT2D eigenvalue weighted by Crippen LogP contribution is 2.42. The van der Waals surface area contributed by atoms with E-state index in [1.54, 1.807) is 21.3 Å². The standard InChI is InChI=1S/C23H28N6O3/c1-25-18-11-20(28-29-19(22(24)30)12-26-23(18)29)27-17-6-4-5-16(21(17)32-3)15-9-7-14(8-10-15)13-31-2/h4-6,11-13,15,25H,7-10H2,1-3H3,(H2,24,30)(H,27,28). The lowest BCUT2D eigenvalue weighted by molar-refractivity contribution is 0.0993. The molecule has 2 heterocycles. The van der Waals surface area contributed by atoms with Gasteiger partial charge in [0.25, 0.3) is 5.91 Å². The second-order valence-electron chi connectivity index (χ2n) is 7.78. The maximum absolute atomic E-state index is 11.8. The molecule has 0 spiro atoms. The predicted octanol–water partition coefficient (Wildman–Crippen LogP) is 3.81. The van der Waals surface area contributed by atoms with Crippen molar-refractivity contribution >= 4 is 28.7 Å². The molecule has 2 aromatic heterocycles. The van der Waals surface area contributed by atoms with Crippen molar-refractivity contribution in [3.8, 4) is 5.75 Å². The molecule has 168 valence electrons. The zero-order valence-electron chi connectivity index (χ0n) is 18.5. The molecule has 4 N–H and O–H groups in total. The molecule has 32 heavy (non-hydrogen) atoms. The molecule has 1 aliphatic carbocycles. The van der Waals surface area contributed by atoms with Gasteiger partial charge in [0.2, 0.25) is 0 Å². The molecule has 1 aliphatic rings. The normalized spacial score (nSPS) is 16.0. The van der Waals surface area contributed by atoms with Gasteiger partial charge in [-0.15, -0.1) is 5.10 Å². The van der Waals surface area contributed by atoms with Crippen molar-refractivity contribution < 1.29 is 14.3 Å². The van der Waals surface area contributed by atoms with Gasteiger partial charge >= 0.3 is 0 Å². The number of hydrogen-bond donors (Lipinski definition) is 3. The van der Waals surface area contributed by atoms with E-state index < -0.39 is 5.91 Å². The summed E-state index contributed by atoms with van der Waals surface area (Å²) in [5.41, 5.74) is 10.3. The molecule has 9 nitrogen and oxygen atoms in total. The number of allylic oxidation sites excluding steroid dienone is 1. The second kappa shape index (κ2) is 9.17. The molecule has 0 unspecified atom stereocenters. The number of methoxy groups -OCH3 is 2. The summed E-state index contributed by atoms with van der Waals surface area (Å²) in [6.45, 7) is 0. The van der Waals surface area contributed by atoms with Crippen molar-refractivity contribution in [3.63, 3.8) is 0 Å². The van der Waals surface area contributed by atoms with E-state index in [9.17, 15) is 4.79 Å². The number of carbonyl (C=O) groups excluding carboxylic acids is 1. The highest BCUT2D eigenvalue weighted by atomic mass is 16.5. The summed E-state index contributed by atoms with van der Waals surface area (Å²) in [7, 11) is 5.16. The quantitative estimate of drug-likeness (QED) is 0.482. The van der Waals surface area contributed by atoms with Crippen molar-refractivity contribution in [2.24, 2.45) is 5.73 Å². The number of hydrogen-bond acceptors (Lipinski definition) is 7. The summed E-state index contributed by atoms with van der Waals surface area (Å²) in [6.07, 6.45) is 7.40. The van der Waals surface area contributed by atoms with E-state index in [0.29, 0.717) is 17.4 Å². The number of fused-ring (bicyclic) bond motifs is 1. The van der Waals surface area contributed by atoms with Crippen LogP contribution in [0, 0.1) is 0 Å². The van der Waals surface area contributed by atoms with E-state index >= 15 is 0 Å². The summed E-state index contributed by atoms with van der Waals surface area (Å²) in [5, 5.41) is 11.0. The Morgan fingerprint density at radius 2 is 2.03 bits per heavy atom. The van der Waals surface area contributed by atoms with Crippen LogP contribution in [0.3, 0.4) is 0 Å². The molecule has 0 bridgehead atoms. The Kier molecular flexibility index (Phi) is 6.16. The van der Waals surface area contributed by atoms with Crippen molar-refractivity contribution in [3.05, 3.63) is 53.6 Å². The number of aromatic nitrogens is 3. The van der Waals surface area contributed by atoms with Gasteiger partial charge in [-0.25, -0.2) is 9.50 Å². The van der Waals surface area contributed by atoms with E-state index in [0.717, 1.165) is 42.8 Å². The van der Waals surface area contributed by atoms with Gasteiger partial charge in [0.15, 0.2) is 11.5 Å². The number of nitrogens with zero attached hydrogens (tertiary/aromatic N) is 3. The Bertz CT molecular complexity index is 1160. The van der Waals surface area contributed by atoms with Crippen molar-refractivity contribution in [1.82, 2.24) is 14.6 Å². The minimum Gasteiger partial charge on any atom is -0.504 e. The van der Waals surface area contributed by atoms with Crippen molar-refractivity contribution in [2.75, 3.05) is 31.9 Å². The average Bonchev–Trinajstić information content (AvgIpc) is 3.23. The number of anilines is 3. The number of amides is 1. The van der Waals surface area contributed by atoms with Gasteiger partial charge in [0.1, 0.15) is 11.4 Å². The molecule has 0 atom stereocenters. The number of primary amides is 1. The van der Waals surface area contributed by atoms with Crippen molar-refractivity contribution in [1.29, 1.82) is 0 Å². The number of carbonyl (C=O) groups is 1. The third-order valence-electron chi connectivity index (χ3n) is 5.85. The minimum atomic E-state index is -0.594. The minimum absolute atomic E-state index is 0.211. The largest absolute Gasteiger partial charge is 0.504 e. The van der Waals surface area contributed by atoms with Gasteiger partial charge in [-0.1, -0.05) is 12.1 Å². The summed E-state index contributed by atoms with van der Waals surface area (Å²) < 4.78 is 12.4. The smallest absolute Gasteiger partial charge is 0.269 e. The average molecular weight is 437 g/mol. The molecule has 0 saturated heterocycles. The number of nitrogens with one attached hydrogen (secondary N) is 2. The summed E-state index contributed by atoms with van der Waals surface area (Å²) in [4.78, 5) is 16.0. The third kappa shape index (κ3) is 4.05. The number of para-hydroxylation sites is 1. The summed E-state index contributed by atoms with van der Waals surface area (Å²) in [6, 6.07) is 7.93. The van der Waals surface area contributed by atoms with Gasteiger partial charge in [-0.05, 0) is 48.8 Å². The molecule has 4 rings (SSSR count). The first-order chi connectivity index (χ1) is 15.5. The number of rotatable bonds is 7. The van der Waals surface area contributed by atoms with Crippen LogP contribution >= 0.6 is 0 Å². The van der Waals surface area contributed by atoms with Crippen LogP contribution in [0.25, 0.3) is 5.65 Å². The molecule has 1 fully saturated rings. The zero-order valence-corrected chi connectivity index (χ0v) is 18.5. The molecule has 3 aromatic rings. The fraction of sp³-hybridized carbons (Fsp3) is 0.348. The van der Waals surface area contributed by atoms with Crippen LogP contribution in [0.15, 0.2) is 42.3 Å². The highest BCUT2D eigenvalue weighted by Gasteiger charge is 2.23. The molecule has 9 heteroatoms. The van der Waals surface area contributed by atoms with E-state index in [1.165, 1.54) is 21.8 Å². The highest BCUT2D eigenvalue weighted by molar-refractivity contribution is 5.92. The summed E-state index contributed by atoms with van der Waals surface area (Å²) in [5.74, 6) is 1.14. The Morgan fingerprint density at radius 1 is 1.25 bits per heavy atom. The van der Waals surface area contributed by atoms with Crippen LogP contribution in [0.4, 0.5) is 17.2 Å². The maximum Gasteiger partial charge on any atom is 0.269 e. The molecular formula is C23H28N6O3. The van der Waals surface area contributed by atoms with Crippen LogP contribution in [0.2, 0.25) is 0 Å². The SMILES string of the molecule is CNc1cc(Nc2cccc(C3CCC(=COC)CC3)c2OC)nn2c(C(N)=O)cnc12. The van der Waals surface area contributed by atoms with E-state index in [2.05, 4.69) is 26.8 Å².